The first-order valence-corrected chi connectivity index (χ1v) is 8.15. The van der Waals surface area contributed by atoms with E-state index in [4.69, 9.17) is 0 Å². The van der Waals surface area contributed by atoms with Crippen LogP contribution in [0.5, 0.6) is 0 Å². The van der Waals surface area contributed by atoms with Crippen LogP contribution < -0.4 is 0 Å². The van der Waals surface area contributed by atoms with Crippen molar-refractivity contribution >= 4 is 0 Å². The highest BCUT2D eigenvalue weighted by Gasteiger charge is 2.57. The normalized spacial score (nSPS) is 44.7. The van der Waals surface area contributed by atoms with E-state index in [9.17, 15) is 0 Å². The summed E-state index contributed by atoms with van der Waals surface area (Å²) in [6, 6.07) is 0. The Morgan fingerprint density at radius 3 is 2.00 bits per heavy atom. The predicted molar refractivity (Wildman–Crippen MR) is 82.9 cm³/mol. The van der Waals surface area contributed by atoms with Gasteiger partial charge in [-0.25, -0.2) is 0 Å². The van der Waals surface area contributed by atoms with Gasteiger partial charge in [-0.05, 0) is 79.8 Å². The minimum atomic E-state index is 0.612. The molecule has 106 valence electrons. The highest BCUT2D eigenvalue weighted by Crippen LogP contribution is 2.65. The van der Waals surface area contributed by atoms with E-state index in [0.717, 1.165) is 23.7 Å². The fraction of sp³-hybridized carbons (Fsp3) is 0.789. The second-order valence-electron chi connectivity index (χ2n) is 8.19. The molecule has 5 unspecified atom stereocenters. The van der Waals surface area contributed by atoms with Crippen molar-refractivity contribution in [1.82, 2.24) is 0 Å². The van der Waals surface area contributed by atoms with E-state index < -0.39 is 0 Å². The molecule has 0 heterocycles. The van der Waals surface area contributed by atoms with Crippen LogP contribution in [-0.2, 0) is 0 Å². The predicted octanol–water partition coefficient (Wildman–Crippen LogP) is 5.61. The number of allylic oxidation sites excluding steroid dienone is 4. The van der Waals surface area contributed by atoms with Gasteiger partial charge in [0.2, 0.25) is 0 Å². The third kappa shape index (κ3) is 1.58. The number of rotatable bonds is 1. The molecule has 3 saturated carbocycles. The van der Waals surface area contributed by atoms with Crippen LogP contribution in [-0.4, -0.2) is 0 Å². The molecule has 0 nitrogen and oxygen atoms in total. The lowest BCUT2D eigenvalue weighted by Gasteiger charge is -2.62. The second-order valence-corrected chi connectivity index (χ2v) is 8.19. The minimum Gasteiger partial charge on any atom is -0.0632 e. The van der Waals surface area contributed by atoms with Crippen LogP contribution in [0.3, 0.4) is 0 Å². The maximum absolute atomic E-state index is 2.53. The molecule has 0 radical (unpaired) electrons. The van der Waals surface area contributed by atoms with Crippen molar-refractivity contribution < 1.29 is 0 Å². The zero-order chi connectivity index (χ0) is 14.1. The van der Waals surface area contributed by atoms with E-state index in [-0.39, 0.29) is 0 Å². The van der Waals surface area contributed by atoms with Crippen molar-refractivity contribution in [3.05, 3.63) is 22.3 Å². The maximum Gasteiger partial charge on any atom is -0.00151 e. The summed E-state index contributed by atoms with van der Waals surface area (Å²) >= 11 is 0. The molecule has 0 aliphatic heterocycles. The molecule has 0 heteroatoms. The van der Waals surface area contributed by atoms with Crippen LogP contribution in [0.25, 0.3) is 0 Å². The fourth-order valence-corrected chi connectivity index (χ4v) is 5.49. The van der Waals surface area contributed by atoms with Gasteiger partial charge in [-0.1, -0.05) is 38.8 Å². The van der Waals surface area contributed by atoms with E-state index in [0.29, 0.717) is 11.3 Å². The first-order chi connectivity index (χ1) is 8.76. The van der Waals surface area contributed by atoms with Gasteiger partial charge in [-0.2, -0.15) is 0 Å². The summed E-state index contributed by atoms with van der Waals surface area (Å²) in [5, 5.41) is 0. The Labute approximate surface area is 119 Å². The van der Waals surface area contributed by atoms with E-state index in [1.54, 1.807) is 22.3 Å². The molecule has 4 aliphatic rings. The SMILES string of the molecule is CC1=C(C)C(C)C(C)=C1C1CC2CC(C1C)C2(C)C. The number of hydrogen-bond donors (Lipinski definition) is 0. The highest BCUT2D eigenvalue weighted by molar-refractivity contribution is 5.49. The van der Waals surface area contributed by atoms with Gasteiger partial charge in [0.05, 0.1) is 0 Å². The molecule has 4 rings (SSSR count). The Morgan fingerprint density at radius 1 is 0.947 bits per heavy atom. The van der Waals surface area contributed by atoms with Gasteiger partial charge < -0.3 is 0 Å². The molecular formula is C19H30. The van der Waals surface area contributed by atoms with Crippen molar-refractivity contribution in [2.45, 2.75) is 61.3 Å². The molecular weight excluding hydrogens is 228 g/mol. The van der Waals surface area contributed by atoms with Gasteiger partial charge in [0.1, 0.15) is 0 Å². The number of fused-ring (bicyclic) bond motifs is 2. The second kappa shape index (κ2) is 3.99. The molecule has 0 aromatic carbocycles. The van der Waals surface area contributed by atoms with Crippen LogP contribution in [0.15, 0.2) is 22.3 Å². The average molecular weight is 258 g/mol. The quantitative estimate of drug-likeness (QED) is 0.573. The summed E-state index contributed by atoms with van der Waals surface area (Å²) in [4.78, 5) is 0. The van der Waals surface area contributed by atoms with Gasteiger partial charge in [0.25, 0.3) is 0 Å². The van der Waals surface area contributed by atoms with Crippen molar-refractivity contribution in [2.24, 2.45) is 35.0 Å². The molecule has 0 amide bonds. The molecule has 2 bridgehead atoms. The summed E-state index contributed by atoms with van der Waals surface area (Å²) in [7, 11) is 0. The zero-order valence-electron chi connectivity index (χ0n) is 13.8. The van der Waals surface area contributed by atoms with E-state index >= 15 is 0 Å². The Balaban J connectivity index is 1.94. The Bertz CT molecular complexity index is 474. The van der Waals surface area contributed by atoms with E-state index in [1.807, 2.05) is 0 Å². The van der Waals surface area contributed by atoms with Gasteiger partial charge in [0.15, 0.2) is 0 Å². The van der Waals surface area contributed by atoms with Crippen LogP contribution in [0.4, 0.5) is 0 Å². The summed E-state index contributed by atoms with van der Waals surface area (Å²) in [6.45, 7) is 17.0. The molecule has 19 heavy (non-hydrogen) atoms. The molecule has 5 atom stereocenters. The largest absolute Gasteiger partial charge is 0.0632 e. The van der Waals surface area contributed by atoms with Gasteiger partial charge in [-0.3, -0.25) is 0 Å². The Hall–Kier alpha value is -0.520. The summed E-state index contributed by atoms with van der Waals surface area (Å²) in [6.07, 6.45) is 2.93. The molecule has 0 N–H and O–H groups in total. The minimum absolute atomic E-state index is 0.612. The zero-order valence-corrected chi connectivity index (χ0v) is 13.8. The van der Waals surface area contributed by atoms with Gasteiger partial charge in [0, 0.05) is 0 Å². The van der Waals surface area contributed by atoms with Crippen LogP contribution in [0, 0.1) is 35.0 Å². The average Bonchev–Trinajstić information content (AvgIpc) is 2.54. The standard InChI is InChI=1S/C19H30/c1-10-11(2)13(4)18(12(10)3)16-8-15-9-17(14(16)5)19(15,6)7/h10,14-17H,8-9H2,1-7H3. The molecule has 0 saturated heterocycles. The first-order valence-electron chi connectivity index (χ1n) is 8.15. The maximum atomic E-state index is 2.53. The van der Waals surface area contributed by atoms with Gasteiger partial charge >= 0.3 is 0 Å². The smallest absolute Gasteiger partial charge is 0.00151 e. The topological polar surface area (TPSA) is 0 Å². The van der Waals surface area contributed by atoms with Crippen molar-refractivity contribution in [3.63, 3.8) is 0 Å². The summed E-state index contributed by atoms with van der Waals surface area (Å²) < 4.78 is 0. The van der Waals surface area contributed by atoms with Crippen molar-refractivity contribution in [1.29, 1.82) is 0 Å². The molecule has 3 fully saturated rings. The third-order valence-corrected chi connectivity index (χ3v) is 7.44. The molecule has 0 spiro atoms. The Kier molecular flexibility index (Phi) is 2.83. The fourth-order valence-electron chi connectivity index (χ4n) is 5.49. The van der Waals surface area contributed by atoms with Crippen LogP contribution in [0.2, 0.25) is 0 Å². The molecule has 0 aromatic rings. The Morgan fingerprint density at radius 2 is 1.58 bits per heavy atom. The molecule has 4 aliphatic carbocycles. The summed E-state index contributed by atoms with van der Waals surface area (Å²) in [5.41, 5.74) is 7.29. The molecule has 0 aromatic heterocycles. The highest BCUT2D eigenvalue weighted by atomic mass is 14.6. The lowest BCUT2D eigenvalue weighted by Crippen LogP contribution is -2.55. The van der Waals surface area contributed by atoms with Crippen molar-refractivity contribution in [2.75, 3.05) is 0 Å². The monoisotopic (exact) mass is 258 g/mol. The first kappa shape index (κ1) is 13.5. The van der Waals surface area contributed by atoms with Crippen LogP contribution >= 0.6 is 0 Å². The lowest BCUT2D eigenvalue weighted by atomic mass is 9.42. The van der Waals surface area contributed by atoms with Crippen LogP contribution in [0.1, 0.15) is 61.3 Å². The van der Waals surface area contributed by atoms with E-state index in [2.05, 4.69) is 48.5 Å². The summed E-state index contributed by atoms with van der Waals surface area (Å²) in [5.74, 6) is 4.34. The number of hydrogen-bond acceptors (Lipinski definition) is 0. The lowest BCUT2D eigenvalue weighted by molar-refractivity contribution is -0.120. The van der Waals surface area contributed by atoms with E-state index in [1.165, 1.54) is 12.8 Å². The van der Waals surface area contributed by atoms with Crippen molar-refractivity contribution in [3.8, 4) is 0 Å². The van der Waals surface area contributed by atoms with Gasteiger partial charge in [-0.15, -0.1) is 0 Å². The third-order valence-electron chi connectivity index (χ3n) is 7.44.